The fourth-order valence-electron chi connectivity index (χ4n) is 3.00. The second-order valence-electron chi connectivity index (χ2n) is 6.80. The SMILES string of the molecule is CCCCc1ccc(C#Cc2ccc(-c3ccc(CC)cc3)cc2Cl)cc1. The van der Waals surface area contributed by atoms with E-state index in [-0.39, 0.29) is 0 Å². The van der Waals surface area contributed by atoms with Crippen LogP contribution in [0, 0.1) is 11.8 Å². The molecule has 0 atom stereocenters. The first kappa shape index (κ1) is 19.3. The summed E-state index contributed by atoms with van der Waals surface area (Å²) in [5.41, 5.74) is 6.89. The summed E-state index contributed by atoms with van der Waals surface area (Å²) in [5.74, 6) is 6.43. The van der Waals surface area contributed by atoms with Crippen molar-refractivity contribution in [3.05, 3.63) is 94.0 Å². The molecule has 0 nitrogen and oxygen atoms in total. The number of halogens is 1. The lowest BCUT2D eigenvalue weighted by molar-refractivity contribution is 0.795. The molecule has 0 spiro atoms. The summed E-state index contributed by atoms with van der Waals surface area (Å²) in [6.45, 7) is 4.38. The van der Waals surface area contributed by atoms with Crippen molar-refractivity contribution < 1.29 is 0 Å². The van der Waals surface area contributed by atoms with Crippen LogP contribution in [0.15, 0.2) is 66.7 Å². The van der Waals surface area contributed by atoms with Crippen molar-refractivity contribution in [1.82, 2.24) is 0 Å². The average molecular weight is 373 g/mol. The summed E-state index contributed by atoms with van der Waals surface area (Å²) >= 11 is 6.48. The van der Waals surface area contributed by atoms with Crippen LogP contribution in [0.1, 0.15) is 48.9 Å². The molecule has 0 aliphatic rings. The van der Waals surface area contributed by atoms with Crippen molar-refractivity contribution in [2.45, 2.75) is 39.5 Å². The highest BCUT2D eigenvalue weighted by Crippen LogP contribution is 2.26. The van der Waals surface area contributed by atoms with E-state index in [9.17, 15) is 0 Å². The van der Waals surface area contributed by atoms with E-state index >= 15 is 0 Å². The summed E-state index contributed by atoms with van der Waals surface area (Å²) in [7, 11) is 0. The third kappa shape index (κ3) is 5.25. The maximum atomic E-state index is 6.48. The minimum Gasteiger partial charge on any atom is -0.0830 e. The van der Waals surface area contributed by atoms with Crippen molar-refractivity contribution in [1.29, 1.82) is 0 Å². The van der Waals surface area contributed by atoms with Gasteiger partial charge in [-0.25, -0.2) is 0 Å². The number of rotatable bonds is 5. The molecular formula is C26H25Cl. The van der Waals surface area contributed by atoms with E-state index in [1.54, 1.807) is 0 Å². The van der Waals surface area contributed by atoms with Gasteiger partial charge in [-0.2, -0.15) is 0 Å². The third-order valence-electron chi connectivity index (χ3n) is 4.78. The molecule has 0 radical (unpaired) electrons. The number of hydrogen-bond donors (Lipinski definition) is 0. The van der Waals surface area contributed by atoms with Crippen LogP contribution in [0.2, 0.25) is 5.02 Å². The van der Waals surface area contributed by atoms with Gasteiger partial charge in [0.15, 0.2) is 0 Å². The zero-order valence-corrected chi connectivity index (χ0v) is 16.8. The van der Waals surface area contributed by atoms with Gasteiger partial charge in [0.25, 0.3) is 0 Å². The zero-order valence-electron chi connectivity index (χ0n) is 16.1. The van der Waals surface area contributed by atoms with Crippen molar-refractivity contribution in [3.8, 4) is 23.0 Å². The van der Waals surface area contributed by atoms with Gasteiger partial charge in [0, 0.05) is 11.1 Å². The molecule has 3 aromatic rings. The van der Waals surface area contributed by atoms with Crippen LogP contribution < -0.4 is 0 Å². The van der Waals surface area contributed by atoms with E-state index < -0.39 is 0 Å². The first-order chi connectivity index (χ1) is 13.2. The molecule has 0 saturated carbocycles. The number of hydrogen-bond acceptors (Lipinski definition) is 0. The minimum atomic E-state index is 0.694. The summed E-state index contributed by atoms with van der Waals surface area (Å²) in [5, 5.41) is 0.694. The lowest BCUT2D eigenvalue weighted by Crippen LogP contribution is -1.85. The Kier molecular flexibility index (Phi) is 6.74. The Balaban J connectivity index is 1.75. The van der Waals surface area contributed by atoms with Crippen LogP contribution in [0.4, 0.5) is 0 Å². The van der Waals surface area contributed by atoms with Gasteiger partial charge >= 0.3 is 0 Å². The first-order valence-corrected chi connectivity index (χ1v) is 10.1. The van der Waals surface area contributed by atoms with Gasteiger partial charge in [-0.05, 0) is 65.8 Å². The lowest BCUT2D eigenvalue weighted by atomic mass is 10.0. The molecule has 0 fully saturated rings. The lowest BCUT2D eigenvalue weighted by Gasteiger charge is -2.05. The Morgan fingerprint density at radius 3 is 2.04 bits per heavy atom. The number of unbranched alkanes of at least 4 members (excludes halogenated alkanes) is 1. The summed E-state index contributed by atoms with van der Waals surface area (Å²) in [6.07, 6.45) is 4.64. The molecule has 0 aromatic heterocycles. The van der Waals surface area contributed by atoms with E-state index in [1.807, 2.05) is 12.1 Å². The molecule has 0 bridgehead atoms. The molecule has 0 heterocycles. The van der Waals surface area contributed by atoms with E-state index in [4.69, 9.17) is 11.6 Å². The highest BCUT2D eigenvalue weighted by atomic mass is 35.5. The van der Waals surface area contributed by atoms with E-state index in [0.29, 0.717) is 5.02 Å². The Morgan fingerprint density at radius 1 is 0.741 bits per heavy atom. The second kappa shape index (κ2) is 9.45. The Morgan fingerprint density at radius 2 is 1.41 bits per heavy atom. The van der Waals surface area contributed by atoms with Gasteiger partial charge in [-0.3, -0.25) is 0 Å². The molecule has 3 rings (SSSR count). The normalized spacial score (nSPS) is 10.3. The molecule has 1 heteroatoms. The number of benzene rings is 3. The molecule has 0 saturated heterocycles. The molecule has 27 heavy (non-hydrogen) atoms. The van der Waals surface area contributed by atoms with Crippen LogP contribution in [0.3, 0.4) is 0 Å². The smallest absolute Gasteiger partial charge is 0.0568 e. The van der Waals surface area contributed by atoms with E-state index in [0.717, 1.165) is 29.5 Å². The van der Waals surface area contributed by atoms with E-state index in [2.05, 4.69) is 80.3 Å². The maximum absolute atomic E-state index is 6.48. The van der Waals surface area contributed by atoms with Crippen LogP contribution in [0.25, 0.3) is 11.1 Å². The van der Waals surface area contributed by atoms with Crippen molar-refractivity contribution >= 4 is 11.6 Å². The van der Waals surface area contributed by atoms with Crippen LogP contribution in [0.5, 0.6) is 0 Å². The standard InChI is InChI=1S/C26H25Cl/c1-3-5-6-21-7-9-22(10-8-21)13-16-24-17-18-25(19-26(24)27)23-14-11-20(4-2)12-15-23/h7-12,14-15,17-19H,3-6H2,1-2H3. The molecule has 0 N–H and O–H groups in total. The van der Waals surface area contributed by atoms with Gasteiger partial charge < -0.3 is 0 Å². The molecule has 0 amide bonds. The quantitative estimate of drug-likeness (QED) is 0.412. The van der Waals surface area contributed by atoms with Gasteiger partial charge in [0.05, 0.1) is 5.02 Å². The highest BCUT2D eigenvalue weighted by molar-refractivity contribution is 6.32. The summed E-state index contributed by atoms with van der Waals surface area (Å²) < 4.78 is 0. The average Bonchev–Trinajstić information content (AvgIpc) is 2.72. The Bertz CT molecular complexity index is 938. The number of aryl methyl sites for hydroxylation is 2. The zero-order chi connectivity index (χ0) is 19.1. The largest absolute Gasteiger partial charge is 0.0830 e. The maximum Gasteiger partial charge on any atom is 0.0568 e. The predicted octanol–water partition coefficient (Wildman–Crippen LogP) is 7.31. The van der Waals surface area contributed by atoms with Crippen LogP contribution >= 0.6 is 11.6 Å². The Labute approximate surface area is 168 Å². The van der Waals surface area contributed by atoms with Gasteiger partial charge in [-0.1, -0.05) is 86.2 Å². The summed E-state index contributed by atoms with van der Waals surface area (Å²) in [6, 6.07) is 23.3. The fourth-order valence-corrected chi connectivity index (χ4v) is 3.23. The first-order valence-electron chi connectivity index (χ1n) is 9.69. The van der Waals surface area contributed by atoms with Crippen molar-refractivity contribution in [2.24, 2.45) is 0 Å². The molecule has 136 valence electrons. The topological polar surface area (TPSA) is 0 Å². The Hall–Kier alpha value is -2.49. The summed E-state index contributed by atoms with van der Waals surface area (Å²) in [4.78, 5) is 0. The van der Waals surface area contributed by atoms with Gasteiger partial charge in [-0.15, -0.1) is 0 Å². The van der Waals surface area contributed by atoms with Crippen molar-refractivity contribution in [3.63, 3.8) is 0 Å². The highest BCUT2D eigenvalue weighted by Gasteiger charge is 2.03. The van der Waals surface area contributed by atoms with Crippen molar-refractivity contribution in [2.75, 3.05) is 0 Å². The molecule has 0 aliphatic carbocycles. The van der Waals surface area contributed by atoms with Gasteiger partial charge in [0.2, 0.25) is 0 Å². The van der Waals surface area contributed by atoms with Crippen LogP contribution in [-0.2, 0) is 12.8 Å². The minimum absolute atomic E-state index is 0.694. The third-order valence-corrected chi connectivity index (χ3v) is 5.09. The molecule has 3 aromatic carbocycles. The van der Waals surface area contributed by atoms with Crippen LogP contribution in [-0.4, -0.2) is 0 Å². The molecule has 0 aliphatic heterocycles. The second-order valence-corrected chi connectivity index (χ2v) is 7.20. The van der Waals surface area contributed by atoms with E-state index in [1.165, 1.54) is 29.5 Å². The van der Waals surface area contributed by atoms with Gasteiger partial charge in [0.1, 0.15) is 0 Å². The predicted molar refractivity (Wildman–Crippen MR) is 117 cm³/mol. The molecule has 0 unspecified atom stereocenters. The molecular weight excluding hydrogens is 348 g/mol. The monoisotopic (exact) mass is 372 g/mol. The fraction of sp³-hybridized carbons (Fsp3) is 0.231.